The third kappa shape index (κ3) is 4.15. The normalized spacial score (nSPS) is 19.0. The van der Waals surface area contributed by atoms with Crippen molar-refractivity contribution in [2.75, 3.05) is 31.6 Å². The van der Waals surface area contributed by atoms with E-state index in [1.165, 1.54) is 0 Å². The van der Waals surface area contributed by atoms with Crippen molar-refractivity contribution >= 4 is 11.6 Å². The zero-order chi connectivity index (χ0) is 15.9. The fraction of sp³-hybridized carbons (Fsp3) is 0.611. The van der Waals surface area contributed by atoms with Gasteiger partial charge in [-0.15, -0.1) is 0 Å². The Kier molecular flexibility index (Phi) is 6.10. The highest BCUT2D eigenvalue weighted by Crippen LogP contribution is 2.31. The Hall–Kier alpha value is -1.71. The molecule has 4 nitrogen and oxygen atoms in total. The van der Waals surface area contributed by atoms with Gasteiger partial charge in [0.05, 0.1) is 12.8 Å². The van der Waals surface area contributed by atoms with Crippen molar-refractivity contribution in [1.82, 2.24) is 5.32 Å². The number of methoxy groups -OCH3 is 1. The average molecular weight is 304 g/mol. The molecular formula is C18H28N2O2. The summed E-state index contributed by atoms with van der Waals surface area (Å²) in [5.41, 5.74) is 1.15. The number of nitrogens with zero attached hydrogens (tertiary/aromatic N) is 1. The topological polar surface area (TPSA) is 41.6 Å². The zero-order valence-electron chi connectivity index (χ0n) is 14.0. The first-order valence-electron chi connectivity index (χ1n) is 8.31. The molecule has 0 saturated carbocycles. The highest BCUT2D eigenvalue weighted by molar-refractivity contribution is 5.78. The molecule has 2 atom stereocenters. The Morgan fingerprint density at radius 3 is 2.95 bits per heavy atom. The Balaban J connectivity index is 1.84. The molecule has 0 bridgehead atoms. The van der Waals surface area contributed by atoms with Gasteiger partial charge < -0.3 is 15.0 Å². The minimum atomic E-state index is 0.122. The molecule has 1 saturated heterocycles. The minimum absolute atomic E-state index is 0.122. The smallest absolute Gasteiger partial charge is 0.222 e. The number of para-hydroxylation sites is 2. The van der Waals surface area contributed by atoms with Crippen LogP contribution in [0.25, 0.3) is 0 Å². The summed E-state index contributed by atoms with van der Waals surface area (Å²) in [6.07, 6.45) is 3.13. The van der Waals surface area contributed by atoms with Gasteiger partial charge in [-0.05, 0) is 30.9 Å². The molecule has 1 aliphatic heterocycles. The van der Waals surface area contributed by atoms with Gasteiger partial charge in [-0.3, -0.25) is 4.79 Å². The number of amides is 1. The molecule has 1 N–H and O–H groups in total. The lowest BCUT2D eigenvalue weighted by molar-refractivity contribution is -0.124. The summed E-state index contributed by atoms with van der Waals surface area (Å²) in [6.45, 7) is 6.90. The third-order valence-electron chi connectivity index (χ3n) is 4.45. The highest BCUT2D eigenvalue weighted by Gasteiger charge is 2.25. The van der Waals surface area contributed by atoms with E-state index in [2.05, 4.69) is 23.2 Å². The van der Waals surface area contributed by atoms with Gasteiger partial charge >= 0.3 is 0 Å². The van der Waals surface area contributed by atoms with Crippen LogP contribution in [0.5, 0.6) is 5.75 Å². The summed E-state index contributed by atoms with van der Waals surface area (Å²) < 4.78 is 5.44. The maximum absolute atomic E-state index is 12.0. The molecule has 0 spiro atoms. The third-order valence-corrected chi connectivity index (χ3v) is 4.45. The van der Waals surface area contributed by atoms with E-state index in [9.17, 15) is 4.79 Å². The van der Waals surface area contributed by atoms with Gasteiger partial charge in [0, 0.05) is 25.6 Å². The van der Waals surface area contributed by atoms with Crippen molar-refractivity contribution < 1.29 is 9.53 Å². The fourth-order valence-electron chi connectivity index (χ4n) is 3.09. The number of hydrogen-bond acceptors (Lipinski definition) is 3. The molecule has 2 rings (SSSR count). The number of carbonyl (C=O) groups excluding carboxylic acids is 1. The van der Waals surface area contributed by atoms with Crippen molar-refractivity contribution in [3.05, 3.63) is 24.3 Å². The molecule has 1 amide bonds. The lowest BCUT2D eigenvalue weighted by Gasteiger charge is -2.21. The molecule has 22 heavy (non-hydrogen) atoms. The predicted octanol–water partition coefficient (Wildman–Crippen LogP) is 3.07. The second-order valence-corrected chi connectivity index (χ2v) is 6.21. The van der Waals surface area contributed by atoms with Crippen LogP contribution >= 0.6 is 0 Å². The van der Waals surface area contributed by atoms with Crippen LogP contribution in [0.15, 0.2) is 24.3 Å². The summed E-state index contributed by atoms with van der Waals surface area (Å²) in [7, 11) is 1.71. The SMILES string of the molecule is CCC[C@@H](C)C(=O)NC[C@H]1CCN(c2ccccc2OC)C1. The number of nitrogens with one attached hydrogen (secondary N) is 1. The van der Waals surface area contributed by atoms with E-state index in [0.717, 1.165) is 50.3 Å². The fourth-order valence-corrected chi connectivity index (χ4v) is 3.09. The Labute approximate surface area is 133 Å². The second-order valence-electron chi connectivity index (χ2n) is 6.21. The minimum Gasteiger partial charge on any atom is -0.495 e. The Bertz CT molecular complexity index is 490. The second kappa shape index (κ2) is 8.06. The first kappa shape index (κ1) is 16.7. The monoisotopic (exact) mass is 304 g/mol. The van der Waals surface area contributed by atoms with Gasteiger partial charge in [0.15, 0.2) is 0 Å². The van der Waals surface area contributed by atoms with E-state index >= 15 is 0 Å². The van der Waals surface area contributed by atoms with Crippen LogP contribution in [0.1, 0.15) is 33.1 Å². The van der Waals surface area contributed by atoms with Crippen LogP contribution in [-0.2, 0) is 4.79 Å². The molecule has 1 aromatic rings. The van der Waals surface area contributed by atoms with Crippen molar-refractivity contribution in [3.8, 4) is 5.75 Å². The Morgan fingerprint density at radius 1 is 1.45 bits per heavy atom. The molecular weight excluding hydrogens is 276 g/mol. The Morgan fingerprint density at radius 2 is 2.23 bits per heavy atom. The van der Waals surface area contributed by atoms with E-state index in [1.54, 1.807) is 7.11 Å². The molecule has 1 heterocycles. The maximum Gasteiger partial charge on any atom is 0.222 e. The summed E-state index contributed by atoms with van der Waals surface area (Å²) >= 11 is 0. The molecule has 0 radical (unpaired) electrons. The van der Waals surface area contributed by atoms with Crippen LogP contribution in [0.4, 0.5) is 5.69 Å². The van der Waals surface area contributed by atoms with Crippen LogP contribution in [0, 0.1) is 11.8 Å². The van der Waals surface area contributed by atoms with Crippen LogP contribution in [-0.4, -0.2) is 32.7 Å². The molecule has 0 aromatic heterocycles. The number of ether oxygens (including phenoxy) is 1. The van der Waals surface area contributed by atoms with Gasteiger partial charge in [0.25, 0.3) is 0 Å². The number of rotatable bonds is 7. The predicted molar refractivity (Wildman–Crippen MR) is 90.4 cm³/mol. The molecule has 1 aliphatic rings. The molecule has 122 valence electrons. The number of hydrogen-bond donors (Lipinski definition) is 1. The first-order valence-corrected chi connectivity index (χ1v) is 8.31. The van der Waals surface area contributed by atoms with Crippen molar-refractivity contribution in [3.63, 3.8) is 0 Å². The number of anilines is 1. The lowest BCUT2D eigenvalue weighted by Crippen LogP contribution is -2.34. The quantitative estimate of drug-likeness (QED) is 0.841. The van der Waals surface area contributed by atoms with Gasteiger partial charge in [0.1, 0.15) is 5.75 Å². The van der Waals surface area contributed by atoms with Crippen molar-refractivity contribution in [2.45, 2.75) is 33.1 Å². The largest absolute Gasteiger partial charge is 0.495 e. The van der Waals surface area contributed by atoms with E-state index in [-0.39, 0.29) is 11.8 Å². The van der Waals surface area contributed by atoms with Crippen molar-refractivity contribution in [2.24, 2.45) is 11.8 Å². The summed E-state index contributed by atoms with van der Waals surface area (Å²) in [6, 6.07) is 8.13. The van der Waals surface area contributed by atoms with E-state index < -0.39 is 0 Å². The van der Waals surface area contributed by atoms with Crippen LogP contribution < -0.4 is 15.0 Å². The van der Waals surface area contributed by atoms with Crippen LogP contribution in [0.2, 0.25) is 0 Å². The molecule has 0 aliphatic carbocycles. The van der Waals surface area contributed by atoms with Gasteiger partial charge in [0.2, 0.25) is 5.91 Å². The average Bonchev–Trinajstić information content (AvgIpc) is 3.01. The summed E-state index contributed by atoms with van der Waals surface area (Å²) in [4.78, 5) is 14.3. The van der Waals surface area contributed by atoms with Crippen molar-refractivity contribution in [1.29, 1.82) is 0 Å². The highest BCUT2D eigenvalue weighted by atomic mass is 16.5. The van der Waals surface area contributed by atoms with Gasteiger partial charge in [-0.2, -0.15) is 0 Å². The van der Waals surface area contributed by atoms with E-state index in [0.29, 0.717) is 5.92 Å². The van der Waals surface area contributed by atoms with E-state index in [1.807, 2.05) is 25.1 Å². The number of carbonyl (C=O) groups is 1. The van der Waals surface area contributed by atoms with E-state index in [4.69, 9.17) is 4.74 Å². The standard InChI is InChI=1S/C18H28N2O2/c1-4-7-14(2)18(21)19-12-15-10-11-20(13-15)16-8-5-6-9-17(16)22-3/h5-6,8-9,14-15H,4,7,10-13H2,1-3H3,(H,19,21)/t14-,15-/m1/s1. The zero-order valence-corrected chi connectivity index (χ0v) is 14.0. The molecule has 1 aromatic carbocycles. The summed E-state index contributed by atoms with van der Waals surface area (Å²) in [5.74, 6) is 1.75. The first-order chi connectivity index (χ1) is 10.7. The van der Waals surface area contributed by atoms with Gasteiger partial charge in [-0.1, -0.05) is 32.4 Å². The maximum atomic E-state index is 12.0. The summed E-state index contributed by atoms with van der Waals surface area (Å²) in [5, 5.41) is 3.11. The molecule has 0 unspecified atom stereocenters. The molecule has 4 heteroatoms. The molecule has 1 fully saturated rings. The lowest BCUT2D eigenvalue weighted by atomic mass is 10.0. The van der Waals surface area contributed by atoms with Gasteiger partial charge in [-0.25, -0.2) is 0 Å². The van der Waals surface area contributed by atoms with Crippen LogP contribution in [0.3, 0.4) is 0 Å². The number of benzene rings is 1.